The average Bonchev–Trinajstić information content (AvgIpc) is 1.55. The van der Waals surface area contributed by atoms with E-state index in [2.05, 4.69) is 30.7 Å². The zero-order valence-electron chi connectivity index (χ0n) is 57.2. The van der Waals surface area contributed by atoms with Gasteiger partial charge in [0.05, 0.1) is 106 Å². The Labute approximate surface area is 573 Å². The summed E-state index contributed by atoms with van der Waals surface area (Å²) in [6.45, 7) is 15.6. The monoisotopic (exact) mass is 1370 g/mol. The Morgan fingerprint density at radius 3 is 2.20 bits per heavy atom. The normalized spacial score (nSPS) is 34.5. The molecule has 0 aromatic heterocycles. The molecule has 0 aliphatic carbocycles. The van der Waals surface area contributed by atoms with Crippen LogP contribution in [-0.2, 0) is 103 Å². The van der Waals surface area contributed by atoms with E-state index in [4.69, 9.17) is 62.6 Å². The van der Waals surface area contributed by atoms with Crippen molar-refractivity contribution in [1.29, 1.82) is 0 Å². The molecule has 1 aromatic carbocycles. The fourth-order valence-corrected chi connectivity index (χ4v) is 16.3. The summed E-state index contributed by atoms with van der Waals surface area (Å²) < 4.78 is 77.6. The Kier molecular flexibility index (Phi) is 25.1. The summed E-state index contributed by atoms with van der Waals surface area (Å²) >= 11 is 0. The molecule has 5 amide bonds. The standard InChI is InChI=1S/C73H102N4O21/c1-40(2)52(34-47(79)22-26-88-28-29-89-27-25-77-62(82)18-19-63(77)83)71(85)76-54(8-7-24-75-72(74)86)55(81)32-44-9-11-45(12-10-44)39-90-64(84)20-13-46(78)36-60-65(87-6)53-35-48(80)33-50-15-17-57-66(93-50)70-69-68(95-57)67-61(96-69)38-73(97-67,98-70)23-21-51-31-42(4)56(91-51)16-14-49-30-41(3)43(5)58(92-49)37-59(53)94-60/h9-12,18-19,40-41,46,49-54,56-61,65-70,78H,4-5,7-8,13-17,20-39H2,1-3,6H3,(H,76,85)(H3,74,75,86)/t41?,46-,49+,50?,51+,52+,53+,54+,56?,57+,58?,59+,60-,61?,65-,66+,67?,68+,69-,70+,73+/m1/s1. The van der Waals surface area contributed by atoms with Gasteiger partial charge in [0.1, 0.15) is 48.7 Å². The van der Waals surface area contributed by atoms with E-state index in [1.165, 1.54) is 12.2 Å². The van der Waals surface area contributed by atoms with Crippen LogP contribution in [0.15, 0.2) is 60.7 Å². The summed E-state index contributed by atoms with van der Waals surface area (Å²) in [6, 6.07) is 5.30. The highest BCUT2D eigenvalue weighted by Crippen LogP contribution is 2.55. The Hall–Kier alpha value is -5.68. The van der Waals surface area contributed by atoms with Gasteiger partial charge in [-0.05, 0) is 98.3 Å². The number of fused-ring (bicyclic) bond motifs is 6. The highest BCUT2D eigenvalue weighted by molar-refractivity contribution is 6.12. The number of imide groups is 1. The van der Waals surface area contributed by atoms with E-state index in [9.17, 15) is 43.5 Å². The maximum Gasteiger partial charge on any atom is 0.312 e. The summed E-state index contributed by atoms with van der Waals surface area (Å²) in [5.74, 6) is -4.31. The highest BCUT2D eigenvalue weighted by atomic mass is 16.8. The number of aliphatic hydroxyl groups excluding tert-OH is 1. The molecule has 5 N–H and O–H groups in total. The summed E-state index contributed by atoms with van der Waals surface area (Å²) in [5, 5.41) is 17.0. The van der Waals surface area contributed by atoms with Crippen LogP contribution >= 0.6 is 0 Å². The third kappa shape index (κ3) is 18.3. The van der Waals surface area contributed by atoms with Crippen molar-refractivity contribution in [1.82, 2.24) is 15.5 Å². The molecule has 25 heteroatoms. The first-order valence-corrected chi connectivity index (χ1v) is 35.8. The number of rotatable bonds is 29. The molecule has 12 bridgehead atoms. The van der Waals surface area contributed by atoms with Crippen molar-refractivity contribution in [2.75, 3.05) is 46.6 Å². The van der Waals surface area contributed by atoms with Crippen LogP contribution in [0.1, 0.15) is 154 Å². The first kappa shape index (κ1) is 73.5. The van der Waals surface area contributed by atoms with Crippen LogP contribution < -0.4 is 16.4 Å². The summed E-state index contributed by atoms with van der Waals surface area (Å²) in [5.41, 5.74) is 8.63. The quantitative estimate of drug-likeness (QED) is 0.0327. The molecule has 10 fully saturated rings. The van der Waals surface area contributed by atoms with Crippen molar-refractivity contribution in [3.8, 4) is 0 Å². The lowest BCUT2D eigenvalue weighted by atomic mass is 9.81. The minimum absolute atomic E-state index is 0.0104. The van der Waals surface area contributed by atoms with Crippen molar-refractivity contribution in [2.45, 2.75) is 265 Å². The largest absolute Gasteiger partial charge is 0.461 e. The van der Waals surface area contributed by atoms with Crippen LogP contribution in [0.25, 0.3) is 0 Å². The molecule has 11 aliphatic heterocycles. The number of aliphatic hydroxyl groups is 1. The van der Waals surface area contributed by atoms with Crippen LogP contribution in [0.2, 0.25) is 0 Å². The highest BCUT2D eigenvalue weighted by Gasteiger charge is 2.69. The lowest BCUT2D eigenvalue weighted by molar-refractivity contribution is -0.292. The Morgan fingerprint density at radius 2 is 1.45 bits per heavy atom. The lowest BCUT2D eigenvalue weighted by Gasteiger charge is -2.47. The zero-order valence-corrected chi connectivity index (χ0v) is 57.2. The van der Waals surface area contributed by atoms with Gasteiger partial charge < -0.3 is 78.3 Å². The van der Waals surface area contributed by atoms with Gasteiger partial charge >= 0.3 is 12.0 Å². The SMILES string of the molecule is C=C1C[C@@H]2CC[C@@]34CC5O[C@H]6[C@@H](O3)[C@H]3OC(CC[C@@H]3O[C@H]6C5O4)CC(=O)C[C@@H]3[C@@H](OC)[C@@H](C[C@H](O)CCC(=O)OCc4ccc(CC(=O)[C@H](CCCNC(N)=O)NC(=O)[C@@H](CC(=O)CCOCCOCCN5C(=O)C=CC5=O)C(C)C)cc4)O[C@H]3CC3O[C@@H](CCC1O2)CC(C)C3=C. The van der Waals surface area contributed by atoms with Crippen LogP contribution in [0.5, 0.6) is 0 Å². The van der Waals surface area contributed by atoms with Crippen molar-refractivity contribution in [3.05, 3.63) is 71.8 Å². The first-order valence-electron chi connectivity index (χ1n) is 35.8. The number of carbonyl (C=O) groups is 8. The number of carbonyl (C=O) groups excluding carboxylic acids is 8. The summed E-state index contributed by atoms with van der Waals surface area (Å²) in [7, 11) is 1.60. The van der Waals surface area contributed by atoms with Gasteiger partial charge in [0.25, 0.3) is 11.8 Å². The number of primary amides is 1. The Bertz CT molecular complexity index is 3050. The van der Waals surface area contributed by atoms with Gasteiger partial charge in [-0.25, -0.2) is 4.79 Å². The molecule has 11 heterocycles. The molecule has 0 radical (unpaired) electrons. The number of nitrogens with zero attached hydrogens (tertiary/aromatic N) is 1. The first-order chi connectivity index (χ1) is 47.1. The zero-order chi connectivity index (χ0) is 69.4. The molecule has 540 valence electrons. The Morgan fingerprint density at radius 1 is 0.745 bits per heavy atom. The summed E-state index contributed by atoms with van der Waals surface area (Å²) in [6.07, 6.45) is 4.61. The minimum Gasteiger partial charge on any atom is -0.461 e. The lowest BCUT2D eigenvalue weighted by Crippen LogP contribution is -2.61. The van der Waals surface area contributed by atoms with Gasteiger partial charge in [-0.1, -0.05) is 58.2 Å². The second-order valence-corrected chi connectivity index (χ2v) is 29.1. The van der Waals surface area contributed by atoms with Crippen LogP contribution in [-0.4, -0.2) is 213 Å². The molecule has 12 rings (SSSR count). The molecular weight excluding hydrogens is 1270 g/mol. The van der Waals surface area contributed by atoms with Crippen molar-refractivity contribution >= 4 is 47.1 Å². The number of ketones is 3. The predicted molar refractivity (Wildman–Crippen MR) is 350 cm³/mol. The van der Waals surface area contributed by atoms with Gasteiger partial charge in [-0.15, -0.1) is 0 Å². The molecule has 10 saturated heterocycles. The van der Waals surface area contributed by atoms with E-state index in [0.29, 0.717) is 49.7 Å². The third-order valence-electron chi connectivity index (χ3n) is 21.7. The number of ether oxygens (including phenoxy) is 12. The van der Waals surface area contributed by atoms with E-state index < -0.39 is 78.2 Å². The number of benzene rings is 1. The number of nitrogens with one attached hydrogen (secondary N) is 2. The fraction of sp³-hybridized carbons (Fsp3) is 0.726. The molecule has 1 spiro atoms. The maximum atomic E-state index is 14.6. The average molecular weight is 1370 g/mol. The molecule has 1 aromatic rings. The van der Waals surface area contributed by atoms with E-state index in [-0.39, 0.29) is 206 Å². The number of nitrogens with two attached hydrogens (primary N) is 1. The van der Waals surface area contributed by atoms with Gasteiger partial charge in [0.15, 0.2) is 11.6 Å². The molecule has 98 heavy (non-hydrogen) atoms. The number of hydrogen-bond acceptors (Lipinski definition) is 21. The van der Waals surface area contributed by atoms with Crippen molar-refractivity contribution in [2.24, 2.45) is 29.4 Å². The summed E-state index contributed by atoms with van der Waals surface area (Å²) in [4.78, 5) is 105. The Balaban J connectivity index is 0.658. The fourth-order valence-electron chi connectivity index (χ4n) is 16.3. The van der Waals surface area contributed by atoms with Crippen LogP contribution in [0, 0.1) is 23.7 Å². The maximum absolute atomic E-state index is 14.6. The van der Waals surface area contributed by atoms with Crippen molar-refractivity contribution < 1.29 is 100 Å². The predicted octanol–water partition coefficient (Wildman–Crippen LogP) is 5.63. The molecule has 0 saturated carbocycles. The van der Waals surface area contributed by atoms with Crippen LogP contribution in [0.3, 0.4) is 0 Å². The van der Waals surface area contributed by atoms with Crippen LogP contribution in [0.4, 0.5) is 4.79 Å². The van der Waals surface area contributed by atoms with Gasteiger partial charge in [-0.3, -0.25) is 38.5 Å². The molecule has 21 atom stereocenters. The molecule has 11 aliphatic rings. The number of methoxy groups -OCH3 is 1. The number of hydrogen-bond donors (Lipinski definition) is 4. The number of urea groups is 1. The van der Waals surface area contributed by atoms with E-state index in [1.54, 1.807) is 31.4 Å². The second kappa shape index (κ2) is 33.4. The topological polar surface area (TPSA) is 321 Å². The smallest absolute Gasteiger partial charge is 0.312 e. The van der Waals surface area contributed by atoms with Gasteiger partial charge in [0.2, 0.25) is 5.91 Å². The van der Waals surface area contributed by atoms with E-state index in [0.717, 1.165) is 48.2 Å². The van der Waals surface area contributed by atoms with E-state index >= 15 is 0 Å². The minimum atomic E-state index is -0.983. The number of Topliss-reactive ketones (excluding diaryl/α,β-unsaturated/α-hetero) is 3. The second-order valence-electron chi connectivity index (χ2n) is 29.1. The molecular formula is C73H102N4O21. The molecule has 6 unspecified atom stereocenters. The van der Waals surface area contributed by atoms with Crippen molar-refractivity contribution in [3.63, 3.8) is 0 Å². The van der Waals surface area contributed by atoms with Gasteiger partial charge in [-0.2, -0.15) is 0 Å². The number of amides is 5. The van der Waals surface area contributed by atoms with Gasteiger partial charge in [0, 0.05) is 102 Å². The number of esters is 1. The van der Waals surface area contributed by atoms with E-state index in [1.807, 2.05) is 13.8 Å². The molecule has 25 nitrogen and oxygen atoms in total. The third-order valence-corrected chi connectivity index (χ3v) is 21.7.